The minimum Gasteiger partial charge on any atom is -0.484 e. The highest BCUT2D eigenvalue weighted by Gasteiger charge is 2.04. The Morgan fingerprint density at radius 2 is 1.94 bits per heavy atom. The lowest BCUT2D eigenvalue weighted by Gasteiger charge is -2.09. The first-order valence-electron chi connectivity index (χ1n) is 6.13. The van der Waals surface area contributed by atoms with Crippen molar-refractivity contribution >= 4 is 5.91 Å². The Labute approximate surface area is 108 Å². The third-order valence-electron chi connectivity index (χ3n) is 2.45. The molecule has 0 heterocycles. The number of hydrogen-bond donors (Lipinski definition) is 2. The second-order valence-corrected chi connectivity index (χ2v) is 4.60. The van der Waals surface area contributed by atoms with Gasteiger partial charge in [-0.2, -0.15) is 0 Å². The molecule has 100 valence electrons. The zero-order valence-electron chi connectivity index (χ0n) is 11.2. The first-order chi connectivity index (χ1) is 8.47. The van der Waals surface area contributed by atoms with E-state index < -0.39 is 6.10 Å². The molecule has 0 aliphatic heterocycles. The van der Waals surface area contributed by atoms with Crippen LogP contribution in [0.1, 0.15) is 24.5 Å². The van der Waals surface area contributed by atoms with Crippen LogP contribution in [0.5, 0.6) is 5.75 Å². The molecule has 0 aliphatic rings. The van der Waals surface area contributed by atoms with Crippen LogP contribution in [0.2, 0.25) is 0 Å². The van der Waals surface area contributed by atoms with Crippen LogP contribution in [0.25, 0.3) is 0 Å². The molecule has 1 amide bonds. The maximum absolute atomic E-state index is 11.4. The molecule has 0 saturated heterocycles. The maximum Gasteiger partial charge on any atom is 0.257 e. The molecule has 2 N–H and O–H groups in total. The summed E-state index contributed by atoms with van der Waals surface area (Å²) in [4.78, 5) is 11.4. The number of ether oxygens (including phenoxy) is 1. The number of hydrogen-bond acceptors (Lipinski definition) is 3. The fraction of sp³-hybridized carbons (Fsp3) is 0.500. The minimum atomic E-state index is -0.398. The van der Waals surface area contributed by atoms with E-state index in [4.69, 9.17) is 9.84 Å². The summed E-state index contributed by atoms with van der Waals surface area (Å²) < 4.78 is 5.41. The summed E-state index contributed by atoms with van der Waals surface area (Å²) in [6, 6.07) is 5.85. The highest BCUT2D eigenvalue weighted by molar-refractivity contribution is 5.77. The fourth-order valence-corrected chi connectivity index (χ4v) is 1.64. The maximum atomic E-state index is 11.4. The summed E-state index contributed by atoms with van der Waals surface area (Å²) >= 11 is 0. The number of carbonyl (C=O) groups excluding carboxylic acids is 1. The zero-order valence-corrected chi connectivity index (χ0v) is 11.2. The van der Waals surface area contributed by atoms with E-state index in [9.17, 15) is 4.79 Å². The van der Waals surface area contributed by atoms with Crippen molar-refractivity contribution in [1.29, 1.82) is 0 Å². The highest BCUT2D eigenvalue weighted by Crippen LogP contribution is 2.15. The van der Waals surface area contributed by atoms with Crippen LogP contribution >= 0.6 is 0 Å². The van der Waals surface area contributed by atoms with E-state index in [1.165, 1.54) is 0 Å². The SMILES string of the molecule is Cc1cc(C)cc(OCC(=O)NCCC(C)O)c1. The first-order valence-corrected chi connectivity index (χ1v) is 6.13. The molecule has 0 spiro atoms. The van der Waals surface area contributed by atoms with Crippen molar-refractivity contribution in [2.24, 2.45) is 0 Å². The first kappa shape index (κ1) is 14.5. The molecule has 4 nitrogen and oxygen atoms in total. The van der Waals surface area contributed by atoms with Crippen LogP contribution < -0.4 is 10.1 Å². The summed E-state index contributed by atoms with van der Waals surface area (Å²) in [7, 11) is 0. The average Bonchev–Trinajstić information content (AvgIpc) is 2.24. The second-order valence-electron chi connectivity index (χ2n) is 4.60. The van der Waals surface area contributed by atoms with Gasteiger partial charge in [0.25, 0.3) is 5.91 Å². The molecule has 0 aromatic heterocycles. The van der Waals surface area contributed by atoms with E-state index in [0.717, 1.165) is 11.1 Å². The van der Waals surface area contributed by atoms with Gasteiger partial charge in [-0.25, -0.2) is 0 Å². The third kappa shape index (κ3) is 5.68. The van der Waals surface area contributed by atoms with Gasteiger partial charge in [0.05, 0.1) is 6.10 Å². The molecule has 1 unspecified atom stereocenters. The fourth-order valence-electron chi connectivity index (χ4n) is 1.64. The number of benzene rings is 1. The van der Waals surface area contributed by atoms with Gasteiger partial charge < -0.3 is 15.2 Å². The van der Waals surface area contributed by atoms with Crippen molar-refractivity contribution < 1.29 is 14.6 Å². The van der Waals surface area contributed by atoms with Crippen LogP contribution in [0.4, 0.5) is 0 Å². The summed E-state index contributed by atoms with van der Waals surface area (Å²) in [5, 5.41) is 11.7. The summed E-state index contributed by atoms with van der Waals surface area (Å²) in [6.45, 7) is 6.14. The Morgan fingerprint density at radius 3 is 2.50 bits per heavy atom. The molecule has 0 radical (unpaired) electrons. The van der Waals surface area contributed by atoms with Crippen molar-refractivity contribution in [2.45, 2.75) is 33.3 Å². The van der Waals surface area contributed by atoms with E-state index in [0.29, 0.717) is 18.7 Å². The molecule has 1 aromatic carbocycles. The molecule has 0 fully saturated rings. The van der Waals surface area contributed by atoms with Crippen LogP contribution in [0.15, 0.2) is 18.2 Å². The topological polar surface area (TPSA) is 58.6 Å². The Hall–Kier alpha value is -1.55. The normalized spacial score (nSPS) is 12.0. The zero-order chi connectivity index (χ0) is 13.5. The van der Waals surface area contributed by atoms with Gasteiger partial charge in [0.1, 0.15) is 5.75 Å². The monoisotopic (exact) mass is 251 g/mol. The molecule has 18 heavy (non-hydrogen) atoms. The molecule has 1 rings (SSSR count). The van der Waals surface area contributed by atoms with Crippen LogP contribution in [0.3, 0.4) is 0 Å². The number of nitrogens with one attached hydrogen (secondary N) is 1. The summed E-state index contributed by atoms with van der Waals surface area (Å²) in [5.41, 5.74) is 2.22. The molecule has 0 saturated carbocycles. The number of amides is 1. The number of carbonyl (C=O) groups is 1. The molecular weight excluding hydrogens is 230 g/mol. The lowest BCUT2D eigenvalue weighted by molar-refractivity contribution is -0.123. The van der Waals surface area contributed by atoms with E-state index >= 15 is 0 Å². The Balaban J connectivity index is 2.33. The van der Waals surface area contributed by atoms with Gasteiger partial charge >= 0.3 is 0 Å². The number of aryl methyl sites for hydroxylation is 2. The van der Waals surface area contributed by atoms with Gasteiger partial charge in [-0.15, -0.1) is 0 Å². The Morgan fingerprint density at radius 1 is 1.33 bits per heavy atom. The van der Waals surface area contributed by atoms with Gasteiger partial charge in [-0.3, -0.25) is 4.79 Å². The van der Waals surface area contributed by atoms with E-state index in [1.54, 1.807) is 6.92 Å². The quantitative estimate of drug-likeness (QED) is 0.807. The highest BCUT2D eigenvalue weighted by atomic mass is 16.5. The van der Waals surface area contributed by atoms with E-state index in [-0.39, 0.29) is 12.5 Å². The van der Waals surface area contributed by atoms with Crippen molar-refractivity contribution in [3.05, 3.63) is 29.3 Å². The van der Waals surface area contributed by atoms with Gasteiger partial charge in [-0.05, 0) is 50.5 Å². The third-order valence-corrected chi connectivity index (χ3v) is 2.45. The minimum absolute atomic E-state index is 0.00268. The van der Waals surface area contributed by atoms with E-state index in [1.807, 2.05) is 26.0 Å². The molecule has 4 heteroatoms. The Bertz CT molecular complexity index is 382. The van der Waals surface area contributed by atoms with Crippen molar-refractivity contribution in [2.75, 3.05) is 13.2 Å². The van der Waals surface area contributed by atoms with Crippen LogP contribution in [0, 0.1) is 13.8 Å². The molecular formula is C14H21NO3. The second kappa shape index (κ2) is 7.01. The average molecular weight is 251 g/mol. The number of aliphatic hydroxyl groups is 1. The summed E-state index contributed by atoms with van der Waals surface area (Å²) in [6.07, 6.45) is 0.153. The van der Waals surface area contributed by atoms with Crippen molar-refractivity contribution in [1.82, 2.24) is 5.32 Å². The van der Waals surface area contributed by atoms with E-state index in [2.05, 4.69) is 11.4 Å². The standard InChI is InChI=1S/C14H21NO3/c1-10-6-11(2)8-13(7-10)18-9-14(17)15-5-4-12(3)16/h6-8,12,16H,4-5,9H2,1-3H3,(H,15,17). The molecule has 0 aliphatic carbocycles. The number of aliphatic hydroxyl groups excluding tert-OH is 1. The molecule has 1 aromatic rings. The van der Waals surface area contributed by atoms with Crippen LogP contribution in [-0.2, 0) is 4.79 Å². The smallest absolute Gasteiger partial charge is 0.257 e. The van der Waals surface area contributed by atoms with Crippen LogP contribution in [-0.4, -0.2) is 30.3 Å². The van der Waals surface area contributed by atoms with Crippen molar-refractivity contribution in [3.63, 3.8) is 0 Å². The van der Waals surface area contributed by atoms with Crippen molar-refractivity contribution in [3.8, 4) is 5.75 Å². The number of rotatable bonds is 6. The lowest BCUT2D eigenvalue weighted by atomic mass is 10.1. The predicted octanol–water partition coefficient (Wildman–Crippen LogP) is 1.57. The summed E-state index contributed by atoms with van der Waals surface area (Å²) in [5.74, 6) is 0.535. The van der Waals surface area contributed by atoms with Gasteiger partial charge in [0.2, 0.25) is 0 Å². The molecule has 0 bridgehead atoms. The largest absolute Gasteiger partial charge is 0.484 e. The van der Waals surface area contributed by atoms with Gasteiger partial charge in [0, 0.05) is 6.54 Å². The lowest BCUT2D eigenvalue weighted by Crippen LogP contribution is -2.31. The predicted molar refractivity (Wildman–Crippen MR) is 70.7 cm³/mol. The molecule has 1 atom stereocenters. The van der Waals surface area contributed by atoms with Gasteiger partial charge in [-0.1, -0.05) is 6.07 Å². The Kier molecular flexibility index (Phi) is 5.65. The van der Waals surface area contributed by atoms with Gasteiger partial charge in [0.15, 0.2) is 6.61 Å².